The van der Waals surface area contributed by atoms with Gasteiger partial charge in [-0.25, -0.2) is 13.9 Å². The Hall–Kier alpha value is -3.04. The first-order valence-corrected chi connectivity index (χ1v) is 11.1. The first-order valence-electron chi connectivity index (χ1n) is 11.1. The molecule has 0 radical (unpaired) electrons. The summed E-state index contributed by atoms with van der Waals surface area (Å²) in [4.78, 5) is 36.6. The maximum atomic E-state index is 13.5. The van der Waals surface area contributed by atoms with Crippen molar-refractivity contribution in [3.63, 3.8) is 0 Å². The fourth-order valence-corrected chi connectivity index (χ4v) is 4.68. The molecule has 5 rings (SSSR count). The zero-order chi connectivity index (χ0) is 22.4. The molecule has 0 bridgehead atoms. The average molecular weight is 438 g/mol. The van der Waals surface area contributed by atoms with Gasteiger partial charge in [0.25, 0.3) is 5.91 Å². The SMILES string of the molecule is Cc1ccccc1CN1C(=O)C2C(=Nc3n(CCN4CCOCC4)c(C)c[n+]32)N(C)C1=O. The third-order valence-corrected chi connectivity index (χ3v) is 6.66. The van der Waals surface area contributed by atoms with Crippen LogP contribution in [-0.4, -0.2) is 76.9 Å². The number of carbonyl (C=O) groups is 2. The molecule has 1 aromatic heterocycles. The van der Waals surface area contributed by atoms with Gasteiger partial charge in [-0.15, -0.1) is 0 Å². The Labute approximate surface area is 187 Å². The van der Waals surface area contributed by atoms with Crippen molar-refractivity contribution < 1.29 is 18.9 Å². The first kappa shape index (κ1) is 20.8. The van der Waals surface area contributed by atoms with E-state index in [9.17, 15) is 9.59 Å². The number of benzene rings is 1. The number of carbonyl (C=O) groups excluding carboxylic acids is 2. The van der Waals surface area contributed by atoms with Crippen LogP contribution in [0.4, 0.5) is 10.7 Å². The number of urea groups is 1. The van der Waals surface area contributed by atoms with E-state index in [4.69, 9.17) is 9.73 Å². The normalized spacial score (nSPS) is 21.1. The lowest BCUT2D eigenvalue weighted by Gasteiger charge is -2.33. The standard InChI is InChI=1S/C23H29N6O3/c1-16-6-4-5-7-18(16)15-29-21(30)19-20(25(3)23(29)31)24-22-27(17(2)14-28(19)22)9-8-26-10-12-32-13-11-26/h4-7,14,19H,8-13,15H2,1-3H3/q+1. The molecule has 9 heteroatoms. The van der Waals surface area contributed by atoms with Gasteiger partial charge in [-0.1, -0.05) is 29.3 Å². The second kappa shape index (κ2) is 8.14. The highest BCUT2D eigenvalue weighted by Crippen LogP contribution is 2.30. The van der Waals surface area contributed by atoms with Crippen LogP contribution < -0.4 is 4.57 Å². The van der Waals surface area contributed by atoms with Crippen LogP contribution in [0.5, 0.6) is 0 Å². The second-order valence-corrected chi connectivity index (χ2v) is 8.65. The van der Waals surface area contributed by atoms with Crippen molar-refractivity contribution in [2.24, 2.45) is 4.99 Å². The number of imide groups is 1. The minimum atomic E-state index is -0.611. The van der Waals surface area contributed by atoms with Gasteiger partial charge < -0.3 is 4.74 Å². The molecule has 168 valence electrons. The zero-order valence-corrected chi connectivity index (χ0v) is 18.8. The van der Waals surface area contributed by atoms with Crippen LogP contribution in [0, 0.1) is 13.8 Å². The molecule has 0 saturated carbocycles. The number of amidine groups is 1. The molecule has 2 fully saturated rings. The van der Waals surface area contributed by atoms with E-state index in [-0.39, 0.29) is 18.5 Å². The Morgan fingerprint density at radius 3 is 2.62 bits per heavy atom. The number of likely N-dealkylation sites (N-methyl/N-ethyl adjacent to an activating group) is 1. The number of nitrogens with zero attached hydrogens (tertiary/aromatic N) is 6. The molecule has 1 atom stereocenters. The second-order valence-electron chi connectivity index (χ2n) is 8.65. The highest BCUT2D eigenvalue weighted by atomic mass is 16.5. The molecule has 32 heavy (non-hydrogen) atoms. The first-order chi connectivity index (χ1) is 15.5. The Bertz CT molecular complexity index is 1100. The summed E-state index contributed by atoms with van der Waals surface area (Å²) >= 11 is 0. The van der Waals surface area contributed by atoms with Gasteiger partial charge in [-0.2, -0.15) is 0 Å². The van der Waals surface area contributed by atoms with Crippen LogP contribution in [0.3, 0.4) is 0 Å². The van der Waals surface area contributed by atoms with Crippen LogP contribution in [0.25, 0.3) is 0 Å². The third-order valence-electron chi connectivity index (χ3n) is 6.66. The summed E-state index contributed by atoms with van der Waals surface area (Å²) in [5, 5.41) is 0. The van der Waals surface area contributed by atoms with Gasteiger partial charge in [0.15, 0.2) is 0 Å². The van der Waals surface area contributed by atoms with Crippen molar-refractivity contribution in [1.29, 1.82) is 0 Å². The molecule has 1 unspecified atom stereocenters. The van der Waals surface area contributed by atoms with Gasteiger partial charge in [0, 0.05) is 26.7 Å². The van der Waals surface area contributed by atoms with E-state index in [1.54, 1.807) is 7.05 Å². The number of imidazole rings is 1. The monoisotopic (exact) mass is 437 g/mol. The number of morpholine rings is 1. The Kier molecular flexibility index (Phi) is 5.30. The number of ether oxygens (including phenoxy) is 1. The van der Waals surface area contributed by atoms with Gasteiger partial charge >= 0.3 is 12.0 Å². The highest BCUT2D eigenvalue weighted by Gasteiger charge is 2.53. The average Bonchev–Trinajstić information content (AvgIpc) is 3.30. The van der Waals surface area contributed by atoms with Crippen LogP contribution in [-0.2, 0) is 22.6 Å². The quantitative estimate of drug-likeness (QED) is 0.663. The molecule has 2 saturated heterocycles. The number of aryl methyl sites for hydroxylation is 2. The Balaban J connectivity index is 1.42. The van der Waals surface area contributed by atoms with Gasteiger partial charge in [-0.05, 0) is 25.0 Å². The van der Waals surface area contributed by atoms with Crippen molar-refractivity contribution in [1.82, 2.24) is 19.3 Å². The van der Waals surface area contributed by atoms with Gasteiger partial charge in [0.2, 0.25) is 11.9 Å². The van der Waals surface area contributed by atoms with Crippen LogP contribution in [0.15, 0.2) is 35.5 Å². The molecule has 9 nitrogen and oxygen atoms in total. The summed E-state index contributed by atoms with van der Waals surface area (Å²) in [5.74, 6) is 0.988. The van der Waals surface area contributed by atoms with Crippen LogP contribution in [0.2, 0.25) is 0 Å². The summed E-state index contributed by atoms with van der Waals surface area (Å²) in [5.41, 5.74) is 3.07. The van der Waals surface area contributed by atoms with Crippen molar-refractivity contribution in [2.45, 2.75) is 33.0 Å². The number of aliphatic imine (C=N–C) groups is 1. The fraction of sp³-hybridized carbons (Fsp3) is 0.478. The summed E-state index contributed by atoms with van der Waals surface area (Å²) in [6.45, 7) is 9.33. The molecule has 3 aliphatic heterocycles. The van der Waals surface area contributed by atoms with Crippen LogP contribution >= 0.6 is 0 Å². The fourth-order valence-electron chi connectivity index (χ4n) is 4.68. The maximum absolute atomic E-state index is 13.5. The number of amides is 3. The van der Waals surface area contributed by atoms with Crippen molar-refractivity contribution in [2.75, 3.05) is 39.9 Å². The van der Waals surface area contributed by atoms with E-state index < -0.39 is 6.04 Å². The summed E-state index contributed by atoms with van der Waals surface area (Å²) in [6.07, 6.45) is 1.98. The zero-order valence-electron chi connectivity index (χ0n) is 18.8. The molecule has 0 N–H and O–H groups in total. The lowest BCUT2D eigenvalue weighted by Crippen LogP contribution is -2.62. The lowest BCUT2D eigenvalue weighted by molar-refractivity contribution is -0.677. The predicted molar refractivity (Wildman–Crippen MR) is 118 cm³/mol. The van der Waals surface area contributed by atoms with Gasteiger partial charge in [0.05, 0.1) is 26.3 Å². The number of fused-ring (bicyclic) bond motifs is 3. The van der Waals surface area contributed by atoms with E-state index >= 15 is 0 Å². The number of hydrogen-bond donors (Lipinski definition) is 0. The molecular weight excluding hydrogens is 408 g/mol. The number of aromatic nitrogens is 2. The highest BCUT2D eigenvalue weighted by molar-refractivity contribution is 6.19. The predicted octanol–water partition coefficient (Wildman–Crippen LogP) is 1.40. The summed E-state index contributed by atoms with van der Waals surface area (Å²) in [6, 6.07) is 6.88. The van der Waals surface area contributed by atoms with E-state index in [0.29, 0.717) is 5.84 Å². The molecule has 3 amide bonds. The lowest BCUT2D eigenvalue weighted by atomic mass is 10.1. The van der Waals surface area contributed by atoms with Gasteiger partial charge in [-0.3, -0.25) is 19.5 Å². The van der Waals surface area contributed by atoms with E-state index in [0.717, 1.165) is 62.2 Å². The largest absolute Gasteiger partial charge is 0.401 e. The molecule has 0 aliphatic carbocycles. The molecule has 4 heterocycles. The minimum absolute atomic E-state index is 0.232. The molecule has 2 aromatic rings. The third kappa shape index (κ3) is 3.41. The van der Waals surface area contributed by atoms with Gasteiger partial charge in [0.1, 0.15) is 11.9 Å². The number of hydrogen-bond acceptors (Lipinski definition) is 5. The Morgan fingerprint density at radius 1 is 1.12 bits per heavy atom. The van der Waals surface area contributed by atoms with E-state index in [1.807, 2.05) is 48.9 Å². The minimum Gasteiger partial charge on any atom is -0.379 e. The smallest absolute Gasteiger partial charge is 0.379 e. The topological polar surface area (TPSA) is 74.3 Å². The van der Waals surface area contributed by atoms with E-state index in [1.165, 1.54) is 9.80 Å². The Morgan fingerprint density at radius 2 is 1.88 bits per heavy atom. The number of rotatable bonds is 5. The van der Waals surface area contributed by atoms with Crippen molar-refractivity contribution in [3.8, 4) is 0 Å². The van der Waals surface area contributed by atoms with Crippen molar-refractivity contribution in [3.05, 3.63) is 47.3 Å². The van der Waals surface area contributed by atoms with Crippen LogP contribution in [0.1, 0.15) is 22.9 Å². The maximum Gasteiger partial charge on any atom is 0.401 e. The molecule has 1 aromatic carbocycles. The molecule has 3 aliphatic rings. The van der Waals surface area contributed by atoms with Crippen molar-refractivity contribution >= 4 is 23.7 Å². The summed E-state index contributed by atoms with van der Waals surface area (Å²) < 4.78 is 9.49. The molecule has 0 spiro atoms. The summed E-state index contributed by atoms with van der Waals surface area (Å²) in [7, 11) is 1.70. The molecular formula is C23H29N6O3+. The van der Waals surface area contributed by atoms with E-state index in [2.05, 4.69) is 9.47 Å².